The first kappa shape index (κ1) is 26.6. The average Bonchev–Trinajstić information content (AvgIpc) is 2.90. The van der Waals surface area contributed by atoms with Crippen LogP contribution in [0.5, 0.6) is 0 Å². The van der Waals surface area contributed by atoms with E-state index in [2.05, 4.69) is 40.2 Å². The predicted molar refractivity (Wildman–Crippen MR) is 154 cm³/mol. The van der Waals surface area contributed by atoms with Crippen LogP contribution < -0.4 is 27.4 Å². The highest BCUT2D eigenvalue weighted by atomic mass is 16.2. The largest absolute Gasteiger partial charge is 0.370 e. The summed E-state index contributed by atoms with van der Waals surface area (Å²) in [7, 11) is 0. The van der Waals surface area contributed by atoms with Crippen LogP contribution in [-0.4, -0.2) is 36.4 Å². The van der Waals surface area contributed by atoms with Gasteiger partial charge in [-0.2, -0.15) is 0 Å². The van der Waals surface area contributed by atoms with Gasteiger partial charge in [0.15, 0.2) is 5.96 Å². The molecule has 0 aliphatic rings. The van der Waals surface area contributed by atoms with Crippen LogP contribution >= 0.6 is 0 Å². The van der Waals surface area contributed by atoms with Crippen molar-refractivity contribution in [3.05, 3.63) is 90.5 Å². The lowest BCUT2D eigenvalue weighted by Gasteiger charge is -2.20. The van der Waals surface area contributed by atoms with Crippen LogP contribution in [0, 0.1) is 5.41 Å². The molecule has 0 saturated heterocycles. The zero-order valence-electron chi connectivity index (χ0n) is 21.2. The van der Waals surface area contributed by atoms with E-state index in [0.717, 1.165) is 27.1 Å². The molecule has 4 aromatic rings. The molecule has 0 spiro atoms. The SMILES string of the molecule is N=C(N)NCCC[C@H](NC(=O)C[C@@H](N)Cc1ccc2ccccc2c1)C(=O)Nc1ccc2ccccc2c1. The van der Waals surface area contributed by atoms with Crippen molar-refractivity contribution in [3.63, 3.8) is 0 Å². The van der Waals surface area contributed by atoms with E-state index in [1.807, 2.05) is 60.7 Å². The number of carbonyl (C=O) groups excluding carboxylic acids is 2. The van der Waals surface area contributed by atoms with Gasteiger partial charge in [-0.3, -0.25) is 15.0 Å². The van der Waals surface area contributed by atoms with Gasteiger partial charge in [-0.15, -0.1) is 0 Å². The van der Waals surface area contributed by atoms with Crippen LogP contribution in [-0.2, 0) is 16.0 Å². The first-order valence-corrected chi connectivity index (χ1v) is 12.8. The number of carbonyl (C=O) groups is 2. The molecule has 0 aromatic heterocycles. The summed E-state index contributed by atoms with van der Waals surface area (Å²) in [5.74, 6) is -0.720. The summed E-state index contributed by atoms with van der Waals surface area (Å²) in [5, 5.41) is 20.2. The Labute approximate surface area is 222 Å². The van der Waals surface area contributed by atoms with Gasteiger partial charge in [-0.1, -0.05) is 72.8 Å². The molecule has 4 aromatic carbocycles. The molecule has 0 heterocycles. The fraction of sp³-hybridized carbons (Fsp3) is 0.233. The second-order valence-corrected chi connectivity index (χ2v) is 9.50. The third-order valence-electron chi connectivity index (χ3n) is 6.41. The van der Waals surface area contributed by atoms with Crippen molar-refractivity contribution in [2.24, 2.45) is 11.5 Å². The zero-order valence-corrected chi connectivity index (χ0v) is 21.2. The highest BCUT2D eigenvalue weighted by Crippen LogP contribution is 2.20. The quantitative estimate of drug-likeness (QED) is 0.104. The maximum Gasteiger partial charge on any atom is 0.246 e. The average molecular weight is 511 g/mol. The van der Waals surface area contributed by atoms with E-state index in [1.54, 1.807) is 0 Å². The van der Waals surface area contributed by atoms with Gasteiger partial charge in [-0.25, -0.2) is 0 Å². The fourth-order valence-corrected chi connectivity index (χ4v) is 4.53. The summed E-state index contributed by atoms with van der Waals surface area (Å²) in [6.07, 6.45) is 1.57. The van der Waals surface area contributed by atoms with Gasteiger partial charge in [-0.05, 0) is 58.5 Å². The number of guanidine groups is 1. The van der Waals surface area contributed by atoms with Crippen molar-refractivity contribution in [2.45, 2.75) is 37.8 Å². The molecule has 2 atom stereocenters. The number of anilines is 1. The minimum atomic E-state index is -0.754. The summed E-state index contributed by atoms with van der Waals surface area (Å²) in [4.78, 5) is 26.1. The first-order valence-electron chi connectivity index (χ1n) is 12.8. The molecular weight excluding hydrogens is 476 g/mol. The Balaban J connectivity index is 1.37. The van der Waals surface area contributed by atoms with Crippen LogP contribution in [0.4, 0.5) is 5.69 Å². The van der Waals surface area contributed by atoms with Crippen LogP contribution in [0.25, 0.3) is 21.5 Å². The lowest BCUT2D eigenvalue weighted by Crippen LogP contribution is -2.46. The summed E-state index contributed by atoms with van der Waals surface area (Å²) in [6, 6.07) is 26.7. The molecule has 8 heteroatoms. The van der Waals surface area contributed by atoms with Crippen molar-refractivity contribution in [2.75, 3.05) is 11.9 Å². The topological polar surface area (TPSA) is 146 Å². The minimum Gasteiger partial charge on any atom is -0.370 e. The molecule has 4 rings (SSSR count). The lowest BCUT2D eigenvalue weighted by atomic mass is 10.00. The van der Waals surface area contributed by atoms with Gasteiger partial charge < -0.3 is 27.4 Å². The number of rotatable bonds is 11. The third kappa shape index (κ3) is 7.54. The number of nitrogens with two attached hydrogens (primary N) is 2. The number of hydrogen-bond acceptors (Lipinski definition) is 4. The van der Waals surface area contributed by atoms with Gasteiger partial charge in [0.05, 0.1) is 0 Å². The Morgan fingerprint density at radius 1 is 0.842 bits per heavy atom. The first-order chi connectivity index (χ1) is 18.4. The standard InChI is InChI=1S/C30H34N6O2/c31-25(17-20-11-12-21-6-1-3-8-23(21)16-20)19-28(37)36-27(10-5-15-34-30(32)33)29(38)35-26-14-13-22-7-2-4-9-24(22)18-26/h1-4,6-9,11-14,16,18,25,27H,5,10,15,17,19,31H2,(H,35,38)(H,36,37)(H4,32,33,34)/t25-,27-/m0/s1. The van der Waals surface area contributed by atoms with E-state index >= 15 is 0 Å². The van der Waals surface area contributed by atoms with Crippen molar-refractivity contribution in [3.8, 4) is 0 Å². The predicted octanol–water partition coefficient (Wildman–Crippen LogP) is 3.64. The van der Waals surface area contributed by atoms with Gasteiger partial charge in [0.1, 0.15) is 6.04 Å². The van der Waals surface area contributed by atoms with Crippen LogP contribution in [0.2, 0.25) is 0 Å². The Hall–Kier alpha value is -4.43. The van der Waals surface area contributed by atoms with Crippen molar-refractivity contribution in [1.29, 1.82) is 5.41 Å². The van der Waals surface area contributed by atoms with Crippen LogP contribution in [0.1, 0.15) is 24.8 Å². The van der Waals surface area contributed by atoms with Gasteiger partial charge in [0.25, 0.3) is 0 Å². The number of benzene rings is 4. The van der Waals surface area contributed by atoms with E-state index in [0.29, 0.717) is 31.5 Å². The number of hydrogen-bond donors (Lipinski definition) is 6. The molecule has 38 heavy (non-hydrogen) atoms. The normalized spacial score (nSPS) is 12.6. The molecule has 0 aliphatic heterocycles. The third-order valence-corrected chi connectivity index (χ3v) is 6.41. The van der Waals surface area contributed by atoms with E-state index in [-0.39, 0.29) is 30.2 Å². The number of amides is 2. The highest BCUT2D eigenvalue weighted by Gasteiger charge is 2.22. The van der Waals surface area contributed by atoms with E-state index < -0.39 is 6.04 Å². The summed E-state index contributed by atoms with van der Waals surface area (Å²) >= 11 is 0. The molecule has 0 saturated carbocycles. The van der Waals surface area contributed by atoms with Crippen molar-refractivity contribution < 1.29 is 9.59 Å². The van der Waals surface area contributed by atoms with E-state index in [9.17, 15) is 9.59 Å². The van der Waals surface area contributed by atoms with Gasteiger partial charge in [0, 0.05) is 24.7 Å². The Kier molecular flexibility index (Phi) is 8.89. The second-order valence-electron chi connectivity index (χ2n) is 9.50. The summed E-state index contributed by atoms with van der Waals surface area (Å²) in [6.45, 7) is 0.423. The molecule has 0 bridgehead atoms. The smallest absolute Gasteiger partial charge is 0.246 e. The maximum absolute atomic E-state index is 13.2. The summed E-state index contributed by atoms with van der Waals surface area (Å²) < 4.78 is 0. The second kappa shape index (κ2) is 12.7. The fourth-order valence-electron chi connectivity index (χ4n) is 4.53. The van der Waals surface area contributed by atoms with Crippen LogP contribution in [0.3, 0.4) is 0 Å². The van der Waals surface area contributed by atoms with Crippen molar-refractivity contribution >= 4 is 45.0 Å². The molecule has 196 valence electrons. The molecule has 0 radical (unpaired) electrons. The van der Waals surface area contributed by atoms with E-state index in [1.165, 1.54) is 0 Å². The highest BCUT2D eigenvalue weighted by molar-refractivity contribution is 5.99. The molecule has 8 N–H and O–H groups in total. The number of nitrogens with one attached hydrogen (secondary N) is 4. The maximum atomic E-state index is 13.2. The van der Waals surface area contributed by atoms with Crippen LogP contribution in [0.15, 0.2) is 84.9 Å². The molecule has 0 unspecified atom stereocenters. The molecule has 2 amide bonds. The minimum absolute atomic E-state index is 0.0955. The van der Waals surface area contributed by atoms with Gasteiger partial charge in [0.2, 0.25) is 11.8 Å². The van der Waals surface area contributed by atoms with E-state index in [4.69, 9.17) is 16.9 Å². The number of fused-ring (bicyclic) bond motifs is 2. The molecule has 0 aliphatic carbocycles. The Bertz CT molecular complexity index is 1440. The molecule has 0 fully saturated rings. The summed E-state index contributed by atoms with van der Waals surface area (Å²) in [5.41, 5.74) is 13.4. The Morgan fingerprint density at radius 2 is 1.47 bits per heavy atom. The lowest BCUT2D eigenvalue weighted by molar-refractivity contribution is -0.126. The van der Waals surface area contributed by atoms with Gasteiger partial charge >= 0.3 is 0 Å². The van der Waals surface area contributed by atoms with Crippen molar-refractivity contribution in [1.82, 2.24) is 10.6 Å². The molecule has 8 nitrogen and oxygen atoms in total. The monoisotopic (exact) mass is 510 g/mol. The zero-order chi connectivity index (χ0) is 26.9. The molecular formula is C30H34N6O2. The Morgan fingerprint density at radius 3 is 2.16 bits per heavy atom.